The first-order valence-corrected chi connectivity index (χ1v) is 9.55. The number of alkyl carbamates (subject to hydrolysis) is 1. The SMILES string of the molecule is CC(C)NC(=O)O[C@@H]1CC[C@H](c2cc(Nc3ccc4c(n3)C(=O)NC4=O)n[nH]2)C1. The predicted molar refractivity (Wildman–Crippen MR) is 103 cm³/mol. The van der Waals surface area contributed by atoms with Crippen LogP contribution in [0.15, 0.2) is 18.2 Å². The van der Waals surface area contributed by atoms with E-state index < -0.39 is 11.8 Å². The summed E-state index contributed by atoms with van der Waals surface area (Å²) in [7, 11) is 0. The summed E-state index contributed by atoms with van der Waals surface area (Å²) >= 11 is 0. The standard InChI is InChI=1S/C19H22N6O4/c1-9(2)20-19(28)29-11-4-3-10(7-11)13-8-15(25-24-13)21-14-6-5-12-16(22-14)18(27)23-17(12)26/h5-6,8-11H,3-4,7H2,1-2H3,(H,20,28)(H,23,26,27)(H2,21,22,24,25)/t10-,11+/m0/s1. The van der Waals surface area contributed by atoms with Crippen molar-refractivity contribution in [1.29, 1.82) is 0 Å². The zero-order chi connectivity index (χ0) is 20.5. The molecule has 0 bridgehead atoms. The minimum absolute atomic E-state index is 0.0398. The molecule has 4 rings (SSSR count). The molecule has 0 spiro atoms. The van der Waals surface area contributed by atoms with Crippen LogP contribution in [-0.4, -0.2) is 45.2 Å². The van der Waals surface area contributed by atoms with E-state index in [1.807, 2.05) is 19.9 Å². The number of carbonyl (C=O) groups is 3. The van der Waals surface area contributed by atoms with Crippen LogP contribution >= 0.6 is 0 Å². The molecule has 3 amide bonds. The maximum atomic E-state index is 11.8. The summed E-state index contributed by atoms with van der Waals surface area (Å²) in [4.78, 5) is 39.3. The zero-order valence-electron chi connectivity index (χ0n) is 16.1. The number of ether oxygens (including phenoxy) is 1. The molecule has 1 aliphatic carbocycles. The van der Waals surface area contributed by atoms with E-state index in [4.69, 9.17) is 4.74 Å². The molecule has 2 aliphatic rings. The third kappa shape index (κ3) is 4.05. The molecule has 1 saturated carbocycles. The van der Waals surface area contributed by atoms with Crippen LogP contribution in [0.3, 0.4) is 0 Å². The number of imide groups is 1. The fourth-order valence-electron chi connectivity index (χ4n) is 3.61. The van der Waals surface area contributed by atoms with Crippen molar-refractivity contribution in [2.75, 3.05) is 5.32 Å². The second kappa shape index (κ2) is 7.53. The van der Waals surface area contributed by atoms with Gasteiger partial charge in [-0.2, -0.15) is 5.10 Å². The molecular formula is C19H22N6O4. The molecule has 0 aromatic carbocycles. The van der Waals surface area contributed by atoms with Crippen molar-refractivity contribution in [2.24, 2.45) is 0 Å². The van der Waals surface area contributed by atoms with Gasteiger partial charge in [0.15, 0.2) is 5.82 Å². The minimum atomic E-state index is -0.505. The summed E-state index contributed by atoms with van der Waals surface area (Å²) in [6, 6.07) is 5.09. The number of anilines is 2. The number of hydrogen-bond acceptors (Lipinski definition) is 7. The zero-order valence-corrected chi connectivity index (χ0v) is 16.1. The van der Waals surface area contributed by atoms with E-state index in [-0.39, 0.29) is 35.4 Å². The second-order valence-corrected chi connectivity index (χ2v) is 7.55. The highest BCUT2D eigenvalue weighted by Gasteiger charge is 2.31. The average molecular weight is 398 g/mol. The Kier molecular flexibility index (Phi) is 4.91. The molecule has 2 atom stereocenters. The summed E-state index contributed by atoms with van der Waals surface area (Å²) in [6.45, 7) is 3.77. The van der Waals surface area contributed by atoms with Gasteiger partial charge in [0.2, 0.25) is 0 Å². The lowest BCUT2D eigenvalue weighted by atomic mass is 10.0. The molecule has 3 heterocycles. The quantitative estimate of drug-likeness (QED) is 0.566. The molecule has 0 saturated heterocycles. The molecule has 0 radical (unpaired) electrons. The fraction of sp³-hybridized carbons (Fsp3) is 0.421. The minimum Gasteiger partial charge on any atom is -0.446 e. The Morgan fingerprint density at radius 3 is 2.83 bits per heavy atom. The van der Waals surface area contributed by atoms with Crippen LogP contribution in [0.2, 0.25) is 0 Å². The maximum absolute atomic E-state index is 11.8. The molecule has 1 fully saturated rings. The molecule has 4 N–H and O–H groups in total. The van der Waals surface area contributed by atoms with Crippen molar-refractivity contribution in [3.8, 4) is 0 Å². The van der Waals surface area contributed by atoms with E-state index in [1.54, 1.807) is 12.1 Å². The van der Waals surface area contributed by atoms with Crippen molar-refractivity contribution in [1.82, 2.24) is 25.8 Å². The molecule has 10 heteroatoms. The lowest BCUT2D eigenvalue weighted by Crippen LogP contribution is -2.33. The highest BCUT2D eigenvalue weighted by atomic mass is 16.6. The molecule has 10 nitrogen and oxygen atoms in total. The lowest BCUT2D eigenvalue weighted by molar-refractivity contribution is 0.0876. The number of nitrogens with one attached hydrogen (secondary N) is 4. The number of aromatic amines is 1. The van der Waals surface area contributed by atoms with E-state index in [0.29, 0.717) is 11.6 Å². The van der Waals surface area contributed by atoms with Crippen molar-refractivity contribution >= 4 is 29.5 Å². The van der Waals surface area contributed by atoms with E-state index in [0.717, 1.165) is 25.0 Å². The summed E-state index contributed by atoms with van der Waals surface area (Å²) in [5.74, 6) is 0.246. The van der Waals surface area contributed by atoms with Gasteiger partial charge in [-0.25, -0.2) is 9.78 Å². The molecule has 0 unspecified atom stereocenters. The smallest absolute Gasteiger partial charge is 0.407 e. The Morgan fingerprint density at radius 1 is 1.21 bits per heavy atom. The van der Waals surface area contributed by atoms with Gasteiger partial charge in [-0.05, 0) is 45.2 Å². The highest BCUT2D eigenvalue weighted by molar-refractivity contribution is 6.20. The fourth-order valence-corrected chi connectivity index (χ4v) is 3.61. The topological polar surface area (TPSA) is 138 Å². The van der Waals surface area contributed by atoms with Gasteiger partial charge in [-0.1, -0.05) is 0 Å². The Bertz CT molecular complexity index is 969. The Balaban J connectivity index is 1.37. The molecule has 2 aromatic heterocycles. The van der Waals surface area contributed by atoms with Crippen molar-refractivity contribution in [2.45, 2.75) is 51.2 Å². The van der Waals surface area contributed by atoms with Gasteiger partial charge in [-0.3, -0.25) is 20.0 Å². The first-order valence-electron chi connectivity index (χ1n) is 9.55. The normalized spacial score (nSPS) is 20.5. The first kappa shape index (κ1) is 18.9. The number of amides is 3. The van der Waals surface area contributed by atoms with Crippen molar-refractivity contribution in [3.63, 3.8) is 0 Å². The number of rotatable bonds is 5. The molecule has 1 aliphatic heterocycles. The number of carbonyl (C=O) groups excluding carboxylic acids is 3. The number of aromatic nitrogens is 3. The molecule has 2 aromatic rings. The lowest BCUT2D eigenvalue weighted by Gasteiger charge is -2.14. The molecular weight excluding hydrogens is 376 g/mol. The van der Waals surface area contributed by atoms with E-state index in [2.05, 4.69) is 31.1 Å². The van der Waals surface area contributed by atoms with Gasteiger partial charge in [0, 0.05) is 23.7 Å². The average Bonchev–Trinajstić information content (AvgIpc) is 3.35. The Labute approximate surface area is 166 Å². The number of H-pyrrole nitrogens is 1. The highest BCUT2D eigenvalue weighted by Crippen LogP contribution is 2.36. The summed E-state index contributed by atoms with van der Waals surface area (Å²) in [5, 5.41) is 15.2. The van der Waals surface area contributed by atoms with Crippen molar-refractivity contribution in [3.05, 3.63) is 35.2 Å². The van der Waals surface area contributed by atoms with Crippen LogP contribution < -0.4 is 16.0 Å². The van der Waals surface area contributed by atoms with E-state index >= 15 is 0 Å². The van der Waals surface area contributed by atoms with Gasteiger partial charge in [0.25, 0.3) is 11.8 Å². The number of hydrogen-bond donors (Lipinski definition) is 4. The van der Waals surface area contributed by atoms with E-state index in [1.165, 1.54) is 0 Å². The summed E-state index contributed by atoms with van der Waals surface area (Å²) < 4.78 is 5.46. The van der Waals surface area contributed by atoms with Crippen LogP contribution in [0, 0.1) is 0 Å². The third-order valence-corrected chi connectivity index (χ3v) is 4.94. The summed E-state index contributed by atoms with van der Waals surface area (Å²) in [5.41, 5.74) is 1.31. The maximum Gasteiger partial charge on any atom is 0.407 e. The molecule has 152 valence electrons. The predicted octanol–water partition coefficient (Wildman–Crippen LogP) is 2.20. The molecule has 29 heavy (non-hydrogen) atoms. The van der Waals surface area contributed by atoms with Gasteiger partial charge in [0.05, 0.1) is 5.56 Å². The number of fused-ring (bicyclic) bond motifs is 1. The number of pyridine rings is 1. The number of nitrogens with zero attached hydrogens (tertiary/aromatic N) is 2. The largest absolute Gasteiger partial charge is 0.446 e. The summed E-state index contributed by atoms with van der Waals surface area (Å²) in [6.07, 6.45) is 1.91. The first-order chi connectivity index (χ1) is 13.9. The van der Waals surface area contributed by atoms with E-state index in [9.17, 15) is 14.4 Å². The Hall–Kier alpha value is -3.43. The van der Waals surface area contributed by atoms with Crippen molar-refractivity contribution < 1.29 is 19.1 Å². The second-order valence-electron chi connectivity index (χ2n) is 7.55. The van der Waals surface area contributed by atoms with Gasteiger partial charge >= 0.3 is 6.09 Å². The van der Waals surface area contributed by atoms with Gasteiger partial charge in [-0.15, -0.1) is 0 Å². The Morgan fingerprint density at radius 2 is 2.03 bits per heavy atom. The van der Waals surface area contributed by atoms with Crippen LogP contribution in [0.25, 0.3) is 0 Å². The van der Waals surface area contributed by atoms with Crippen LogP contribution in [0.1, 0.15) is 65.6 Å². The third-order valence-electron chi connectivity index (χ3n) is 4.94. The van der Waals surface area contributed by atoms with Gasteiger partial charge < -0.3 is 15.4 Å². The van der Waals surface area contributed by atoms with Crippen LogP contribution in [0.4, 0.5) is 16.4 Å². The van der Waals surface area contributed by atoms with Crippen LogP contribution in [0.5, 0.6) is 0 Å². The monoisotopic (exact) mass is 398 g/mol. The van der Waals surface area contributed by atoms with Crippen LogP contribution in [-0.2, 0) is 4.74 Å². The van der Waals surface area contributed by atoms with Gasteiger partial charge in [0.1, 0.15) is 17.6 Å².